The number of nitrogens with one attached hydrogen (secondary N) is 3. The van der Waals surface area contributed by atoms with Gasteiger partial charge in [0.2, 0.25) is 5.91 Å². The van der Waals surface area contributed by atoms with Crippen LogP contribution in [0.4, 0.5) is 23.0 Å². The van der Waals surface area contributed by atoms with Crippen molar-refractivity contribution >= 4 is 28.9 Å². The lowest BCUT2D eigenvalue weighted by molar-refractivity contribution is -0.121. The molecule has 0 saturated heterocycles. The first kappa shape index (κ1) is 21.6. The van der Waals surface area contributed by atoms with E-state index in [1.165, 1.54) is 6.33 Å². The summed E-state index contributed by atoms with van der Waals surface area (Å²) < 4.78 is 5.83. The second kappa shape index (κ2) is 10.6. The number of amides is 1. The van der Waals surface area contributed by atoms with Crippen LogP contribution in [0, 0.1) is 0 Å². The maximum absolute atomic E-state index is 12.1. The molecule has 4 rings (SSSR count). The van der Waals surface area contributed by atoms with Crippen molar-refractivity contribution < 1.29 is 9.53 Å². The molecule has 3 N–H and O–H groups in total. The third kappa shape index (κ3) is 6.42. The Morgan fingerprint density at radius 2 is 1.72 bits per heavy atom. The van der Waals surface area contributed by atoms with Gasteiger partial charge in [-0.05, 0) is 43.3 Å². The van der Waals surface area contributed by atoms with Crippen LogP contribution in [0.25, 0.3) is 0 Å². The van der Waals surface area contributed by atoms with Crippen LogP contribution in [0.2, 0.25) is 0 Å². The summed E-state index contributed by atoms with van der Waals surface area (Å²) in [6.07, 6.45) is 2.74. The third-order valence-corrected chi connectivity index (χ3v) is 5.06. The maximum atomic E-state index is 12.1. The molecule has 0 aliphatic carbocycles. The zero-order chi connectivity index (χ0) is 22.2. The number of anilines is 4. The monoisotopic (exact) mass is 432 g/mol. The van der Waals surface area contributed by atoms with E-state index in [1.54, 1.807) is 0 Å². The van der Waals surface area contributed by atoms with Crippen molar-refractivity contribution in [1.29, 1.82) is 0 Å². The topological polar surface area (TPSA) is 91.4 Å². The highest BCUT2D eigenvalue weighted by Crippen LogP contribution is 2.23. The number of carbonyl (C=O) groups excluding carboxylic acids is 1. The van der Waals surface area contributed by atoms with Gasteiger partial charge in [-0.3, -0.25) is 4.79 Å². The molecule has 0 fully saturated rings. The summed E-state index contributed by atoms with van der Waals surface area (Å²) in [6, 6.07) is 17.8. The van der Waals surface area contributed by atoms with Gasteiger partial charge in [-0.15, -0.1) is 0 Å². The molecular formula is C24H28N6O2. The van der Waals surface area contributed by atoms with Crippen LogP contribution >= 0.6 is 0 Å². The summed E-state index contributed by atoms with van der Waals surface area (Å²) in [5.41, 5.74) is 2.97. The van der Waals surface area contributed by atoms with Gasteiger partial charge in [-0.2, -0.15) is 0 Å². The molecule has 166 valence electrons. The quantitative estimate of drug-likeness (QED) is 0.499. The van der Waals surface area contributed by atoms with E-state index in [0.717, 1.165) is 35.7 Å². The lowest BCUT2D eigenvalue weighted by atomic mass is 10.2. The van der Waals surface area contributed by atoms with Crippen LogP contribution in [0.3, 0.4) is 0 Å². The number of hydrogen-bond acceptors (Lipinski definition) is 7. The predicted molar refractivity (Wildman–Crippen MR) is 126 cm³/mol. The van der Waals surface area contributed by atoms with Gasteiger partial charge in [0.1, 0.15) is 23.7 Å². The summed E-state index contributed by atoms with van der Waals surface area (Å²) >= 11 is 0. The van der Waals surface area contributed by atoms with Crippen molar-refractivity contribution in [3.05, 3.63) is 66.5 Å². The first-order valence-corrected chi connectivity index (χ1v) is 10.8. The number of aromatic nitrogens is 2. The van der Waals surface area contributed by atoms with Gasteiger partial charge in [0.25, 0.3) is 0 Å². The van der Waals surface area contributed by atoms with E-state index >= 15 is 0 Å². The van der Waals surface area contributed by atoms with Gasteiger partial charge >= 0.3 is 0 Å². The van der Waals surface area contributed by atoms with Crippen molar-refractivity contribution in [3.63, 3.8) is 0 Å². The molecule has 1 amide bonds. The van der Waals surface area contributed by atoms with Crippen LogP contribution in [0.1, 0.15) is 18.4 Å². The van der Waals surface area contributed by atoms with Crippen molar-refractivity contribution in [2.75, 3.05) is 37.4 Å². The summed E-state index contributed by atoms with van der Waals surface area (Å²) in [7, 11) is 2.02. The summed E-state index contributed by atoms with van der Waals surface area (Å²) in [4.78, 5) is 22.9. The summed E-state index contributed by atoms with van der Waals surface area (Å²) in [6.45, 7) is 2.56. The lowest BCUT2D eigenvalue weighted by Gasteiger charge is -2.17. The second-order valence-electron chi connectivity index (χ2n) is 7.81. The van der Waals surface area contributed by atoms with Crippen molar-refractivity contribution in [3.8, 4) is 5.75 Å². The van der Waals surface area contributed by atoms with Crippen molar-refractivity contribution in [1.82, 2.24) is 20.2 Å². The number of hydrogen-bond donors (Lipinski definition) is 3. The normalized spacial score (nSPS) is 15.8. The van der Waals surface area contributed by atoms with Crippen LogP contribution in [0.5, 0.6) is 5.75 Å². The summed E-state index contributed by atoms with van der Waals surface area (Å²) in [5, 5.41) is 9.61. The first-order chi connectivity index (χ1) is 15.6. The van der Waals surface area contributed by atoms with E-state index in [9.17, 15) is 4.79 Å². The molecule has 0 spiro atoms. The van der Waals surface area contributed by atoms with E-state index in [2.05, 4.69) is 43.0 Å². The van der Waals surface area contributed by atoms with E-state index in [4.69, 9.17) is 4.74 Å². The zero-order valence-electron chi connectivity index (χ0n) is 18.2. The van der Waals surface area contributed by atoms with Crippen LogP contribution < -0.4 is 20.7 Å². The number of ether oxygens (including phenoxy) is 1. The lowest BCUT2D eigenvalue weighted by Crippen LogP contribution is -2.29. The highest BCUT2D eigenvalue weighted by Gasteiger charge is 2.07. The predicted octanol–water partition coefficient (Wildman–Crippen LogP) is 3.68. The number of benzene rings is 2. The van der Waals surface area contributed by atoms with Gasteiger partial charge in [-0.1, -0.05) is 18.2 Å². The molecule has 1 aliphatic heterocycles. The number of nitrogens with zero attached hydrogens (tertiary/aromatic N) is 3. The Morgan fingerprint density at radius 1 is 0.969 bits per heavy atom. The zero-order valence-corrected chi connectivity index (χ0v) is 18.2. The van der Waals surface area contributed by atoms with Crippen molar-refractivity contribution in [2.24, 2.45) is 0 Å². The largest absolute Gasteiger partial charge is 0.493 e. The van der Waals surface area contributed by atoms with Gasteiger partial charge in [-0.25, -0.2) is 9.97 Å². The molecule has 8 nitrogen and oxygen atoms in total. The average Bonchev–Trinajstić information content (AvgIpc) is 2.78. The summed E-state index contributed by atoms with van der Waals surface area (Å²) in [5.74, 6) is 2.20. The fraction of sp³-hybridized carbons (Fsp3) is 0.292. The SMILES string of the molecule is CN1CCC(=O)NCCCOc2cccc(c2)Nc2cc(ncn2)Nc2cccc(c2)C1. The molecule has 32 heavy (non-hydrogen) atoms. The molecule has 2 heterocycles. The van der Waals surface area contributed by atoms with Gasteiger partial charge < -0.3 is 25.6 Å². The Bertz CT molecular complexity index is 1060. The molecule has 6 bridgehead atoms. The molecule has 1 aromatic heterocycles. The second-order valence-corrected chi connectivity index (χ2v) is 7.81. The van der Waals surface area contributed by atoms with Gasteiger partial charge in [0.15, 0.2) is 0 Å². The van der Waals surface area contributed by atoms with Crippen LogP contribution in [0.15, 0.2) is 60.9 Å². The Morgan fingerprint density at radius 3 is 2.53 bits per heavy atom. The highest BCUT2D eigenvalue weighted by atomic mass is 16.5. The molecule has 0 radical (unpaired) electrons. The molecule has 0 saturated carbocycles. The van der Waals surface area contributed by atoms with Crippen molar-refractivity contribution in [2.45, 2.75) is 19.4 Å². The molecule has 0 unspecified atom stereocenters. The highest BCUT2D eigenvalue weighted by molar-refractivity contribution is 5.76. The number of rotatable bonds is 0. The Hall–Kier alpha value is -3.65. The van der Waals surface area contributed by atoms with E-state index in [1.807, 2.05) is 49.5 Å². The third-order valence-electron chi connectivity index (χ3n) is 5.06. The molecule has 8 heteroatoms. The van der Waals surface area contributed by atoms with E-state index < -0.39 is 0 Å². The molecular weight excluding hydrogens is 404 g/mol. The van der Waals surface area contributed by atoms with E-state index in [-0.39, 0.29) is 5.91 Å². The standard InChI is InChI=1S/C24H28N6O2/c1-30-11-9-24(31)25-10-4-12-32-21-8-3-7-20(14-21)29-23-15-22(26-17-27-23)28-19-6-2-5-18(13-19)16-30/h2-3,5-8,13-15,17H,4,9-12,16H2,1H3,(H,25,31)(H2,26,27,28,29). The minimum atomic E-state index is 0.0576. The smallest absolute Gasteiger partial charge is 0.221 e. The fourth-order valence-electron chi connectivity index (χ4n) is 3.46. The van der Waals surface area contributed by atoms with Crippen LogP contribution in [-0.4, -0.2) is 47.5 Å². The van der Waals surface area contributed by atoms with E-state index in [0.29, 0.717) is 37.8 Å². The number of fused-ring (bicyclic) bond motifs is 6. The van der Waals surface area contributed by atoms with Gasteiger partial charge in [0, 0.05) is 49.6 Å². The Labute approximate surface area is 188 Å². The Kier molecular flexibility index (Phi) is 7.14. The fourth-order valence-corrected chi connectivity index (χ4v) is 3.46. The maximum Gasteiger partial charge on any atom is 0.221 e. The Balaban J connectivity index is 1.55. The average molecular weight is 433 g/mol. The molecule has 1 aliphatic rings. The molecule has 3 aromatic rings. The minimum Gasteiger partial charge on any atom is -0.493 e. The van der Waals surface area contributed by atoms with Crippen LogP contribution in [-0.2, 0) is 11.3 Å². The first-order valence-electron chi connectivity index (χ1n) is 10.8. The van der Waals surface area contributed by atoms with Gasteiger partial charge in [0.05, 0.1) is 6.61 Å². The minimum absolute atomic E-state index is 0.0576. The molecule has 0 atom stereocenters. The number of carbonyl (C=O) groups is 1. The molecule has 2 aromatic carbocycles.